The van der Waals surface area contributed by atoms with Gasteiger partial charge in [0, 0.05) is 18.0 Å². The maximum atomic E-state index is 13.7. The summed E-state index contributed by atoms with van der Waals surface area (Å²) in [7, 11) is -2.05. The number of nitrogens with two attached hydrogens (primary N) is 1. The van der Waals surface area contributed by atoms with E-state index in [4.69, 9.17) is 10.5 Å². The van der Waals surface area contributed by atoms with Gasteiger partial charge in [0.2, 0.25) is 0 Å². The van der Waals surface area contributed by atoms with E-state index in [1.54, 1.807) is 18.2 Å². The lowest BCUT2D eigenvalue weighted by molar-refractivity contribution is -0.137. The molecule has 3 rings (SSSR count). The Balaban J connectivity index is 1.84. The van der Waals surface area contributed by atoms with Gasteiger partial charge in [0.25, 0.3) is 0 Å². The molecule has 3 aromatic rings. The Labute approximate surface area is 181 Å². The van der Waals surface area contributed by atoms with E-state index in [-0.39, 0.29) is 22.8 Å². The number of ether oxygens (including phenoxy) is 1. The van der Waals surface area contributed by atoms with Crippen molar-refractivity contribution in [2.45, 2.75) is 17.0 Å². The third kappa shape index (κ3) is 5.06. The maximum Gasteiger partial charge on any atom is 0.406 e. The van der Waals surface area contributed by atoms with Gasteiger partial charge in [-0.3, -0.25) is 0 Å². The number of alkyl halides is 3. The SMILES string of the molecule is COc1cc(S(C)(=O)=O)ccc1NCC#CC(c1csc2c(N)cccc12)C(F)(F)F. The van der Waals surface area contributed by atoms with Crippen molar-refractivity contribution in [2.24, 2.45) is 0 Å². The molecule has 0 amide bonds. The highest BCUT2D eigenvalue weighted by Crippen LogP contribution is 2.41. The molecule has 164 valence electrons. The van der Waals surface area contributed by atoms with E-state index < -0.39 is 21.9 Å². The van der Waals surface area contributed by atoms with E-state index in [9.17, 15) is 21.6 Å². The molecule has 0 radical (unpaired) electrons. The standard InChI is InChI=1S/C21H19F3N2O3S2/c1-29-19-11-13(31(2,27)28)8-9-18(19)26-10-4-6-16(21(22,23)24)15-12-30-20-14(15)5-3-7-17(20)25/h3,5,7-9,11-12,16,26H,10,25H2,1-2H3. The van der Waals surface area contributed by atoms with Crippen LogP contribution in [0.25, 0.3) is 10.1 Å². The van der Waals surface area contributed by atoms with Crippen molar-refractivity contribution in [1.82, 2.24) is 0 Å². The van der Waals surface area contributed by atoms with E-state index in [2.05, 4.69) is 17.2 Å². The fourth-order valence-corrected chi connectivity index (χ4v) is 4.66. The zero-order valence-corrected chi connectivity index (χ0v) is 18.2. The summed E-state index contributed by atoms with van der Waals surface area (Å²) < 4.78 is 70.2. The van der Waals surface area contributed by atoms with Crippen molar-refractivity contribution in [3.63, 3.8) is 0 Å². The summed E-state index contributed by atoms with van der Waals surface area (Å²) in [5.74, 6) is 3.12. The van der Waals surface area contributed by atoms with Gasteiger partial charge in [-0.2, -0.15) is 13.2 Å². The quantitative estimate of drug-likeness (QED) is 0.421. The molecule has 0 aliphatic carbocycles. The van der Waals surface area contributed by atoms with E-state index in [1.165, 1.54) is 30.7 Å². The molecule has 2 aromatic carbocycles. The summed E-state index contributed by atoms with van der Waals surface area (Å²) in [5.41, 5.74) is 6.78. The van der Waals surface area contributed by atoms with Gasteiger partial charge < -0.3 is 15.8 Å². The van der Waals surface area contributed by atoms with Gasteiger partial charge >= 0.3 is 6.18 Å². The fraction of sp³-hybridized carbons (Fsp3) is 0.238. The van der Waals surface area contributed by atoms with Gasteiger partial charge in [-0.15, -0.1) is 11.3 Å². The molecule has 0 saturated carbocycles. The molecular formula is C21H19F3N2O3S2. The fourth-order valence-electron chi connectivity index (χ4n) is 3.00. The first-order valence-electron chi connectivity index (χ1n) is 8.95. The summed E-state index contributed by atoms with van der Waals surface area (Å²) in [6.07, 6.45) is -3.49. The number of fused-ring (bicyclic) bond motifs is 1. The van der Waals surface area contributed by atoms with Crippen LogP contribution in [0, 0.1) is 11.8 Å². The molecule has 1 unspecified atom stereocenters. The molecule has 10 heteroatoms. The molecule has 31 heavy (non-hydrogen) atoms. The second-order valence-corrected chi connectivity index (χ2v) is 9.59. The van der Waals surface area contributed by atoms with Gasteiger partial charge in [0.05, 0.1) is 28.9 Å². The lowest BCUT2D eigenvalue weighted by Gasteiger charge is -2.15. The average molecular weight is 469 g/mol. The lowest BCUT2D eigenvalue weighted by Crippen LogP contribution is -2.19. The number of hydrogen-bond donors (Lipinski definition) is 2. The van der Waals surface area contributed by atoms with Crippen LogP contribution in [0.15, 0.2) is 46.7 Å². The minimum atomic E-state index is -4.56. The zero-order chi connectivity index (χ0) is 22.8. The molecule has 0 aliphatic rings. The largest absolute Gasteiger partial charge is 0.495 e. The van der Waals surface area contributed by atoms with Crippen LogP contribution in [0.1, 0.15) is 11.5 Å². The minimum absolute atomic E-state index is 0.0710. The molecule has 0 saturated heterocycles. The number of rotatable bonds is 5. The minimum Gasteiger partial charge on any atom is -0.495 e. The number of hydrogen-bond acceptors (Lipinski definition) is 6. The molecule has 5 nitrogen and oxygen atoms in total. The first kappa shape index (κ1) is 22.8. The average Bonchev–Trinajstić information content (AvgIpc) is 3.11. The number of nitrogen functional groups attached to an aromatic ring is 1. The van der Waals surface area contributed by atoms with Crippen LogP contribution in [-0.2, 0) is 9.84 Å². The monoisotopic (exact) mass is 468 g/mol. The van der Waals surface area contributed by atoms with Crippen molar-refractivity contribution in [3.8, 4) is 17.6 Å². The molecule has 1 aromatic heterocycles. The highest BCUT2D eigenvalue weighted by molar-refractivity contribution is 7.90. The third-order valence-electron chi connectivity index (χ3n) is 4.51. The van der Waals surface area contributed by atoms with E-state index >= 15 is 0 Å². The molecule has 1 atom stereocenters. The Morgan fingerprint density at radius 3 is 2.65 bits per heavy atom. The molecule has 0 spiro atoms. The van der Waals surface area contributed by atoms with Gasteiger partial charge in [-0.05, 0) is 34.5 Å². The van der Waals surface area contributed by atoms with E-state index in [1.807, 2.05) is 0 Å². The van der Waals surface area contributed by atoms with Crippen LogP contribution in [0.5, 0.6) is 5.75 Å². The van der Waals surface area contributed by atoms with Crippen LogP contribution >= 0.6 is 11.3 Å². The Morgan fingerprint density at radius 1 is 1.26 bits per heavy atom. The predicted octanol–water partition coefficient (Wildman–Crippen LogP) is 4.66. The number of methoxy groups -OCH3 is 1. The highest BCUT2D eigenvalue weighted by Gasteiger charge is 2.41. The van der Waals surface area contributed by atoms with Gasteiger partial charge in [-0.25, -0.2) is 8.42 Å². The maximum absolute atomic E-state index is 13.7. The topological polar surface area (TPSA) is 81.4 Å². The second-order valence-electron chi connectivity index (χ2n) is 6.70. The molecule has 0 aliphatic heterocycles. The summed E-state index contributed by atoms with van der Waals surface area (Å²) in [5, 5.41) is 4.74. The Morgan fingerprint density at radius 2 is 2.00 bits per heavy atom. The molecule has 0 bridgehead atoms. The predicted molar refractivity (Wildman–Crippen MR) is 117 cm³/mol. The van der Waals surface area contributed by atoms with Crippen molar-refractivity contribution >= 4 is 42.6 Å². The van der Waals surface area contributed by atoms with Crippen molar-refractivity contribution in [3.05, 3.63) is 47.3 Å². The first-order valence-corrected chi connectivity index (χ1v) is 11.7. The van der Waals surface area contributed by atoms with Crippen LogP contribution < -0.4 is 15.8 Å². The second kappa shape index (κ2) is 8.69. The Bertz CT molecular complexity index is 1270. The Hall–Kier alpha value is -2.90. The summed E-state index contributed by atoms with van der Waals surface area (Å²) in [4.78, 5) is 0.0710. The van der Waals surface area contributed by atoms with Crippen LogP contribution in [0.4, 0.5) is 24.5 Å². The van der Waals surface area contributed by atoms with Crippen LogP contribution in [0.2, 0.25) is 0 Å². The van der Waals surface area contributed by atoms with E-state index in [0.717, 1.165) is 17.6 Å². The highest BCUT2D eigenvalue weighted by atomic mass is 32.2. The van der Waals surface area contributed by atoms with E-state index in [0.29, 0.717) is 21.5 Å². The van der Waals surface area contributed by atoms with Crippen molar-refractivity contribution in [2.75, 3.05) is 31.0 Å². The van der Waals surface area contributed by atoms with Crippen molar-refractivity contribution < 1.29 is 26.3 Å². The zero-order valence-electron chi connectivity index (χ0n) is 16.6. The number of thiophene rings is 1. The summed E-state index contributed by atoms with van der Waals surface area (Å²) in [6, 6.07) is 9.06. The molecule has 3 N–H and O–H groups in total. The smallest absolute Gasteiger partial charge is 0.406 e. The first-order chi connectivity index (χ1) is 14.5. The van der Waals surface area contributed by atoms with Crippen LogP contribution in [-0.4, -0.2) is 34.5 Å². The number of sulfone groups is 1. The Kier molecular flexibility index (Phi) is 6.38. The summed E-state index contributed by atoms with van der Waals surface area (Å²) >= 11 is 1.16. The summed E-state index contributed by atoms with van der Waals surface area (Å²) in [6.45, 7) is -0.0919. The normalized spacial score (nSPS) is 12.8. The molecular weight excluding hydrogens is 449 g/mol. The lowest BCUT2D eigenvalue weighted by atomic mass is 9.98. The van der Waals surface area contributed by atoms with Gasteiger partial charge in [0.15, 0.2) is 9.84 Å². The third-order valence-corrected chi connectivity index (χ3v) is 6.69. The van der Waals surface area contributed by atoms with Gasteiger partial charge in [-0.1, -0.05) is 24.0 Å². The van der Waals surface area contributed by atoms with Crippen molar-refractivity contribution in [1.29, 1.82) is 0 Å². The van der Waals surface area contributed by atoms with Gasteiger partial charge in [0.1, 0.15) is 11.7 Å². The number of nitrogens with one attached hydrogen (secondary N) is 1. The molecule has 1 heterocycles. The number of halogens is 3. The number of anilines is 2. The van der Waals surface area contributed by atoms with Crippen LogP contribution in [0.3, 0.4) is 0 Å². The molecule has 0 fully saturated rings. The number of benzene rings is 2.